The van der Waals surface area contributed by atoms with E-state index in [1.54, 1.807) is 45.0 Å². The fraction of sp³-hybridized carbons (Fsp3) is 0.217. The summed E-state index contributed by atoms with van der Waals surface area (Å²) in [6, 6.07) is 11.2. The van der Waals surface area contributed by atoms with Gasteiger partial charge in [-0.1, -0.05) is 23.4 Å². The normalized spacial score (nSPS) is 11.7. The monoisotopic (exact) mass is 428 g/mol. The number of oxime groups is 1. The number of carbonyl (C=O) groups is 1. The molecule has 1 aromatic heterocycles. The summed E-state index contributed by atoms with van der Waals surface area (Å²) in [5.41, 5.74) is 1.28. The molecule has 2 aromatic carbocycles. The molecule has 0 fully saturated rings. The summed E-state index contributed by atoms with van der Waals surface area (Å²) in [7, 11) is 0. The average molecular weight is 429 g/mol. The van der Waals surface area contributed by atoms with Gasteiger partial charge in [0.2, 0.25) is 0 Å². The number of nitrogens with zero attached hydrogens (tertiary/aromatic N) is 1. The molecule has 0 aliphatic heterocycles. The van der Waals surface area contributed by atoms with Gasteiger partial charge in [0.1, 0.15) is 17.2 Å². The van der Waals surface area contributed by atoms with Gasteiger partial charge in [0, 0.05) is 11.3 Å². The number of aryl methyl sites for hydroxylation is 1. The molecule has 0 bridgehead atoms. The highest BCUT2D eigenvalue weighted by Crippen LogP contribution is 2.31. The van der Waals surface area contributed by atoms with Crippen LogP contribution in [0.15, 0.2) is 53.0 Å². The highest BCUT2D eigenvalue weighted by atomic mass is 32.1. The van der Waals surface area contributed by atoms with Crippen LogP contribution in [0.1, 0.15) is 41.6 Å². The average Bonchev–Trinajstić information content (AvgIpc) is 3.09. The predicted octanol–water partition coefficient (Wildman–Crippen LogP) is 6.40. The van der Waals surface area contributed by atoms with Crippen molar-refractivity contribution in [1.82, 2.24) is 0 Å². The summed E-state index contributed by atoms with van der Waals surface area (Å²) < 4.78 is 29.2. The largest absolute Gasteiger partial charge is 0.390 e. The molecule has 0 aliphatic carbocycles. The third kappa shape index (κ3) is 5.10. The molecular weight excluding hydrogens is 406 g/mol. The van der Waals surface area contributed by atoms with E-state index in [0.717, 1.165) is 11.8 Å². The first-order chi connectivity index (χ1) is 14.2. The lowest BCUT2D eigenvalue weighted by atomic mass is 10.0. The van der Waals surface area contributed by atoms with E-state index in [1.165, 1.54) is 23.5 Å². The highest BCUT2D eigenvalue weighted by molar-refractivity contribution is 7.12. The summed E-state index contributed by atoms with van der Waals surface area (Å²) in [5, 5.41) is 8.34. The van der Waals surface area contributed by atoms with Crippen LogP contribution in [0.25, 0.3) is 11.1 Å². The number of carbonyl (C=O) groups excluding carboxylic acids is 1. The summed E-state index contributed by atoms with van der Waals surface area (Å²) in [6.45, 7) is 7.20. The fourth-order valence-electron chi connectivity index (χ4n) is 2.73. The Bertz CT molecular complexity index is 1080. The maximum absolute atomic E-state index is 14.6. The lowest BCUT2D eigenvalue weighted by molar-refractivity contribution is 0.00193. The molecule has 3 rings (SSSR count). The smallest absolute Gasteiger partial charge is 0.266 e. The van der Waals surface area contributed by atoms with E-state index in [-0.39, 0.29) is 11.5 Å². The minimum atomic E-state index is -0.776. The minimum Gasteiger partial charge on any atom is -0.390 e. The summed E-state index contributed by atoms with van der Waals surface area (Å²) in [6.07, 6.45) is 1.02. The number of anilines is 1. The van der Waals surface area contributed by atoms with E-state index in [0.29, 0.717) is 21.7 Å². The van der Waals surface area contributed by atoms with Gasteiger partial charge in [-0.25, -0.2) is 8.78 Å². The van der Waals surface area contributed by atoms with E-state index in [1.807, 2.05) is 18.4 Å². The molecule has 0 spiro atoms. The van der Waals surface area contributed by atoms with Crippen LogP contribution in [-0.4, -0.2) is 17.7 Å². The van der Waals surface area contributed by atoms with Gasteiger partial charge in [0.05, 0.1) is 16.7 Å². The molecule has 156 valence electrons. The summed E-state index contributed by atoms with van der Waals surface area (Å²) in [5.74, 6) is -1.82. The number of hydrogen-bond donors (Lipinski definition) is 1. The van der Waals surface area contributed by atoms with Gasteiger partial charge in [-0.05, 0) is 68.5 Å². The lowest BCUT2D eigenvalue weighted by Crippen LogP contribution is -2.15. The molecule has 3 aromatic rings. The van der Waals surface area contributed by atoms with E-state index in [4.69, 9.17) is 4.84 Å². The molecular formula is C23H22F2N2O2S. The standard InChI is InChI=1S/C23H22F2N2O2S/c1-14-9-10-30-21(14)22(28)27-20-8-6-5-7-16(20)15-11-18(24)17(19(25)12-15)13-26-29-23(2,3)4/h5-13H,1-4H3,(H,27,28). The van der Waals surface area contributed by atoms with Crippen LogP contribution in [0.3, 0.4) is 0 Å². The van der Waals surface area contributed by atoms with Crippen LogP contribution >= 0.6 is 11.3 Å². The molecule has 0 radical (unpaired) electrons. The highest BCUT2D eigenvalue weighted by Gasteiger charge is 2.17. The van der Waals surface area contributed by atoms with Gasteiger partial charge in [-0.15, -0.1) is 11.3 Å². The summed E-state index contributed by atoms with van der Waals surface area (Å²) >= 11 is 1.34. The van der Waals surface area contributed by atoms with Crippen molar-refractivity contribution in [2.75, 3.05) is 5.32 Å². The first-order valence-corrected chi connectivity index (χ1v) is 10.2. The van der Waals surface area contributed by atoms with Crippen molar-refractivity contribution in [3.63, 3.8) is 0 Å². The lowest BCUT2D eigenvalue weighted by Gasteiger charge is -2.15. The number of para-hydroxylation sites is 1. The molecule has 0 aliphatic rings. The van der Waals surface area contributed by atoms with E-state index in [2.05, 4.69) is 10.5 Å². The van der Waals surface area contributed by atoms with Gasteiger partial charge in [-0.2, -0.15) is 0 Å². The van der Waals surface area contributed by atoms with E-state index >= 15 is 0 Å². The molecule has 1 amide bonds. The van der Waals surface area contributed by atoms with Gasteiger partial charge >= 0.3 is 0 Å². The van der Waals surface area contributed by atoms with Crippen molar-refractivity contribution >= 4 is 29.1 Å². The predicted molar refractivity (Wildman–Crippen MR) is 117 cm³/mol. The van der Waals surface area contributed by atoms with Crippen molar-refractivity contribution in [3.8, 4) is 11.1 Å². The van der Waals surface area contributed by atoms with Crippen LogP contribution in [0, 0.1) is 18.6 Å². The van der Waals surface area contributed by atoms with Gasteiger partial charge in [0.15, 0.2) is 0 Å². The van der Waals surface area contributed by atoms with Crippen LogP contribution < -0.4 is 5.32 Å². The maximum Gasteiger partial charge on any atom is 0.266 e. The second-order valence-corrected chi connectivity index (χ2v) is 8.64. The zero-order valence-corrected chi connectivity index (χ0v) is 17.9. The minimum absolute atomic E-state index is 0.265. The summed E-state index contributed by atoms with van der Waals surface area (Å²) in [4.78, 5) is 18.3. The second kappa shape index (κ2) is 8.75. The Kier molecular flexibility index (Phi) is 6.31. The first-order valence-electron chi connectivity index (χ1n) is 9.31. The van der Waals surface area contributed by atoms with Crippen molar-refractivity contribution in [1.29, 1.82) is 0 Å². The molecule has 0 atom stereocenters. The van der Waals surface area contributed by atoms with Gasteiger partial charge in [0.25, 0.3) is 5.91 Å². The molecule has 4 nitrogen and oxygen atoms in total. The molecule has 0 saturated carbocycles. The number of amides is 1. The maximum atomic E-state index is 14.6. The number of nitrogens with one attached hydrogen (secondary N) is 1. The topological polar surface area (TPSA) is 50.7 Å². The SMILES string of the molecule is Cc1ccsc1C(=O)Nc1ccccc1-c1cc(F)c(C=NOC(C)(C)C)c(F)c1. The number of rotatable bonds is 5. The molecule has 0 unspecified atom stereocenters. The van der Waals surface area contributed by atoms with Crippen LogP contribution in [0.4, 0.5) is 14.5 Å². The quantitative estimate of drug-likeness (QED) is 0.377. The Morgan fingerprint density at radius 3 is 2.40 bits per heavy atom. The number of hydrogen-bond acceptors (Lipinski definition) is 4. The Morgan fingerprint density at radius 1 is 1.13 bits per heavy atom. The Balaban J connectivity index is 1.91. The van der Waals surface area contributed by atoms with Crippen molar-refractivity contribution in [3.05, 3.63) is 75.5 Å². The third-order valence-corrected chi connectivity index (χ3v) is 5.16. The number of benzene rings is 2. The fourth-order valence-corrected chi connectivity index (χ4v) is 3.55. The molecule has 7 heteroatoms. The van der Waals surface area contributed by atoms with Crippen molar-refractivity contribution in [2.24, 2.45) is 5.16 Å². The molecule has 1 heterocycles. The van der Waals surface area contributed by atoms with Crippen molar-refractivity contribution < 1.29 is 18.4 Å². The van der Waals surface area contributed by atoms with Crippen LogP contribution in [0.5, 0.6) is 0 Å². The Hall–Kier alpha value is -3.06. The number of thiophene rings is 1. The molecule has 1 N–H and O–H groups in total. The Morgan fingerprint density at radius 2 is 1.80 bits per heavy atom. The van der Waals surface area contributed by atoms with Crippen LogP contribution in [0.2, 0.25) is 0 Å². The van der Waals surface area contributed by atoms with Crippen molar-refractivity contribution in [2.45, 2.75) is 33.3 Å². The second-order valence-electron chi connectivity index (χ2n) is 7.72. The Labute approximate surface area is 178 Å². The molecule has 0 saturated heterocycles. The van der Waals surface area contributed by atoms with Gasteiger partial charge < -0.3 is 10.2 Å². The first kappa shape index (κ1) is 21.6. The molecule has 30 heavy (non-hydrogen) atoms. The van der Waals surface area contributed by atoms with Crippen LogP contribution in [-0.2, 0) is 4.84 Å². The zero-order valence-electron chi connectivity index (χ0n) is 17.1. The number of halogens is 2. The third-order valence-electron chi connectivity index (χ3n) is 4.14. The van der Waals surface area contributed by atoms with E-state index in [9.17, 15) is 13.6 Å². The van der Waals surface area contributed by atoms with E-state index < -0.39 is 17.2 Å². The zero-order chi connectivity index (χ0) is 21.9. The van der Waals surface area contributed by atoms with Gasteiger partial charge in [-0.3, -0.25) is 4.79 Å².